The van der Waals surface area contributed by atoms with Gasteiger partial charge in [-0.1, -0.05) is 13.3 Å². The fourth-order valence-corrected chi connectivity index (χ4v) is 2.41. The van der Waals surface area contributed by atoms with E-state index in [1.165, 1.54) is 0 Å². The van der Waals surface area contributed by atoms with Crippen molar-refractivity contribution in [2.24, 2.45) is 5.73 Å². The molecule has 1 heterocycles. The van der Waals surface area contributed by atoms with Crippen LogP contribution in [0.5, 0.6) is 0 Å². The van der Waals surface area contributed by atoms with Gasteiger partial charge in [-0.2, -0.15) is 0 Å². The minimum absolute atomic E-state index is 0. The second-order valence-corrected chi connectivity index (χ2v) is 5.67. The summed E-state index contributed by atoms with van der Waals surface area (Å²) in [6.45, 7) is 6.61. The van der Waals surface area contributed by atoms with Crippen molar-refractivity contribution in [3.05, 3.63) is 0 Å². The maximum atomic E-state index is 12.4. The van der Waals surface area contributed by atoms with Crippen molar-refractivity contribution < 1.29 is 9.53 Å². The van der Waals surface area contributed by atoms with Crippen LogP contribution in [-0.2, 0) is 9.53 Å². The number of morpholine rings is 1. The van der Waals surface area contributed by atoms with Gasteiger partial charge in [-0.3, -0.25) is 4.79 Å². The van der Waals surface area contributed by atoms with E-state index >= 15 is 0 Å². The van der Waals surface area contributed by atoms with Crippen LogP contribution in [-0.4, -0.2) is 67.7 Å². The second-order valence-electron chi connectivity index (χ2n) is 5.67. The lowest BCUT2D eigenvalue weighted by atomic mass is 9.95. The van der Waals surface area contributed by atoms with Gasteiger partial charge < -0.3 is 20.3 Å². The van der Waals surface area contributed by atoms with Gasteiger partial charge in [-0.15, -0.1) is 12.4 Å². The molecule has 1 amide bonds. The number of hydrogen-bond donors (Lipinski definition) is 1. The fraction of sp³-hybridized carbons (Fsp3) is 0.923. The monoisotopic (exact) mass is 293 g/mol. The summed E-state index contributed by atoms with van der Waals surface area (Å²) in [4.78, 5) is 16.3. The molecule has 0 aromatic carbocycles. The molecule has 2 unspecified atom stereocenters. The Balaban J connectivity index is 0.00000324. The first-order valence-electron chi connectivity index (χ1n) is 6.71. The zero-order valence-electron chi connectivity index (χ0n) is 12.5. The third-order valence-corrected chi connectivity index (χ3v) is 3.25. The SMILES string of the molecule is CCCC(C)(N)C(=O)N1CCOC(CN(C)C)C1.Cl. The first-order chi connectivity index (χ1) is 8.36. The Kier molecular flexibility index (Phi) is 7.89. The molecule has 0 spiro atoms. The summed E-state index contributed by atoms with van der Waals surface area (Å²) in [5.41, 5.74) is 5.36. The van der Waals surface area contributed by atoms with Crippen LogP contribution < -0.4 is 5.73 Å². The molecule has 0 bridgehead atoms. The predicted molar refractivity (Wildman–Crippen MR) is 79.6 cm³/mol. The highest BCUT2D eigenvalue weighted by atomic mass is 35.5. The van der Waals surface area contributed by atoms with Crippen LogP contribution in [0.4, 0.5) is 0 Å². The van der Waals surface area contributed by atoms with Gasteiger partial charge in [-0.05, 0) is 27.4 Å². The molecule has 1 fully saturated rings. The molecule has 0 aromatic rings. The van der Waals surface area contributed by atoms with Crippen LogP contribution in [0.15, 0.2) is 0 Å². The van der Waals surface area contributed by atoms with Crippen LogP contribution in [0, 0.1) is 0 Å². The summed E-state index contributed by atoms with van der Waals surface area (Å²) in [6, 6.07) is 0. The number of halogens is 1. The lowest BCUT2D eigenvalue weighted by Crippen LogP contribution is -2.58. The van der Waals surface area contributed by atoms with E-state index in [0.717, 1.165) is 19.4 Å². The van der Waals surface area contributed by atoms with Crippen molar-refractivity contribution >= 4 is 18.3 Å². The van der Waals surface area contributed by atoms with E-state index in [-0.39, 0.29) is 24.4 Å². The van der Waals surface area contributed by atoms with Gasteiger partial charge in [0, 0.05) is 19.6 Å². The Bertz CT molecular complexity index is 285. The van der Waals surface area contributed by atoms with E-state index in [4.69, 9.17) is 10.5 Å². The Labute approximate surface area is 122 Å². The Morgan fingerprint density at radius 1 is 1.53 bits per heavy atom. The van der Waals surface area contributed by atoms with Gasteiger partial charge >= 0.3 is 0 Å². The van der Waals surface area contributed by atoms with Crippen molar-refractivity contribution in [1.82, 2.24) is 9.80 Å². The molecule has 6 heteroatoms. The number of rotatable bonds is 5. The third-order valence-electron chi connectivity index (χ3n) is 3.25. The molecule has 1 aliphatic heterocycles. The first-order valence-corrected chi connectivity index (χ1v) is 6.71. The molecule has 0 aromatic heterocycles. The topological polar surface area (TPSA) is 58.8 Å². The van der Waals surface area contributed by atoms with Crippen molar-refractivity contribution in [1.29, 1.82) is 0 Å². The Morgan fingerprint density at radius 2 is 2.16 bits per heavy atom. The average molecular weight is 294 g/mol. The van der Waals surface area contributed by atoms with Crippen molar-refractivity contribution in [2.45, 2.75) is 38.3 Å². The van der Waals surface area contributed by atoms with Gasteiger partial charge in [0.15, 0.2) is 0 Å². The number of amides is 1. The van der Waals surface area contributed by atoms with Gasteiger partial charge in [-0.25, -0.2) is 0 Å². The first kappa shape index (κ1) is 18.6. The molecule has 5 nitrogen and oxygen atoms in total. The minimum Gasteiger partial charge on any atom is -0.373 e. The normalized spacial score (nSPS) is 22.8. The third kappa shape index (κ3) is 5.65. The van der Waals surface area contributed by atoms with Crippen LogP contribution in [0.25, 0.3) is 0 Å². The fourth-order valence-electron chi connectivity index (χ4n) is 2.41. The maximum Gasteiger partial charge on any atom is 0.242 e. The molecule has 1 rings (SSSR count). The van der Waals surface area contributed by atoms with Crippen LogP contribution in [0.3, 0.4) is 0 Å². The molecule has 2 N–H and O–H groups in total. The molecule has 0 radical (unpaired) electrons. The molecular weight excluding hydrogens is 266 g/mol. The number of carbonyl (C=O) groups excluding carboxylic acids is 1. The number of nitrogens with zero attached hydrogens (tertiary/aromatic N) is 2. The highest BCUT2D eigenvalue weighted by Gasteiger charge is 2.34. The zero-order chi connectivity index (χ0) is 13.8. The summed E-state index contributed by atoms with van der Waals surface area (Å²) >= 11 is 0. The van der Waals surface area contributed by atoms with Crippen LogP contribution >= 0.6 is 12.4 Å². The van der Waals surface area contributed by atoms with Gasteiger partial charge in [0.25, 0.3) is 0 Å². The summed E-state index contributed by atoms with van der Waals surface area (Å²) in [5, 5.41) is 0. The second kappa shape index (κ2) is 8.04. The van der Waals surface area contributed by atoms with E-state index in [1.54, 1.807) is 0 Å². The zero-order valence-corrected chi connectivity index (χ0v) is 13.3. The standard InChI is InChI=1S/C13H27N3O2.ClH/c1-5-6-13(2,14)12(17)16-7-8-18-11(10-16)9-15(3)4;/h11H,5-10,14H2,1-4H3;1H. The summed E-state index contributed by atoms with van der Waals surface area (Å²) in [5.74, 6) is 0.0522. The molecule has 0 aliphatic carbocycles. The van der Waals surface area contributed by atoms with Crippen molar-refractivity contribution in [3.8, 4) is 0 Å². The molecule has 114 valence electrons. The average Bonchev–Trinajstić information content (AvgIpc) is 2.27. The maximum absolute atomic E-state index is 12.4. The molecular formula is C13H28ClN3O2. The van der Waals surface area contributed by atoms with Crippen molar-refractivity contribution in [2.75, 3.05) is 40.3 Å². The van der Waals surface area contributed by atoms with Gasteiger partial charge in [0.1, 0.15) is 0 Å². The summed E-state index contributed by atoms with van der Waals surface area (Å²) in [6.07, 6.45) is 1.74. The Morgan fingerprint density at radius 3 is 2.68 bits per heavy atom. The van der Waals surface area contributed by atoms with Gasteiger partial charge in [0.05, 0.1) is 18.2 Å². The molecule has 1 saturated heterocycles. The van der Waals surface area contributed by atoms with Crippen LogP contribution in [0.1, 0.15) is 26.7 Å². The molecule has 2 atom stereocenters. The number of likely N-dealkylation sites (N-methyl/N-ethyl adjacent to an activating group) is 1. The smallest absolute Gasteiger partial charge is 0.242 e. The highest BCUT2D eigenvalue weighted by Crippen LogP contribution is 2.16. The predicted octanol–water partition coefficient (Wildman–Crippen LogP) is 0.715. The number of hydrogen-bond acceptors (Lipinski definition) is 4. The molecule has 1 aliphatic rings. The number of carbonyl (C=O) groups is 1. The Hall–Kier alpha value is -0.360. The minimum atomic E-state index is -0.741. The summed E-state index contributed by atoms with van der Waals surface area (Å²) in [7, 11) is 4.02. The number of ether oxygens (including phenoxy) is 1. The highest BCUT2D eigenvalue weighted by molar-refractivity contribution is 5.86. The van der Waals surface area contributed by atoms with E-state index in [2.05, 4.69) is 4.90 Å². The molecule has 19 heavy (non-hydrogen) atoms. The lowest BCUT2D eigenvalue weighted by molar-refractivity contribution is -0.144. The quantitative estimate of drug-likeness (QED) is 0.811. The van der Waals surface area contributed by atoms with E-state index in [9.17, 15) is 4.79 Å². The van der Waals surface area contributed by atoms with Crippen LogP contribution in [0.2, 0.25) is 0 Å². The van der Waals surface area contributed by atoms with Gasteiger partial charge in [0.2, 0.25) is 5.91 Å². The largest absolute Gasteiger partial charge is 0.373 e. The number of nitrogens with two attached hydrogens (primary N) is 1. The van der Waals surface area contributed by atoms with Crippen molar-refractivity contribution in [3.63, 3.8) is 0 Å². The van der Waals surface area contributed by atoms with E-state index in [0.29, 0.717) is 19.7 Å². The van der Waals surface area contributed by atoms with E-state index < -0.39 is 5.54 Å². The lowest BCUT2D eigenvalue weighted by Gasteiger charge is -2.38. The summed E-state index contributed by atoms with van der Waals surface area (Å²) < 4.78 is 5.67. The molecule has 0 saturated carbocycles. The van der Waals surface area contributed by atoms with E-state index in [1.807, 2.05) is 32.8 Å².